The van der Waals surface area contributed by atoms with Crippen LogP contribution in [0.4, 0.5) is 0 Å². The van der Waals surface area contributed by atoms with Crippen molar-refractivity contribution in [2.75, 3.05) is 0 Å². The fraction of sp³-hybridized carbons (Fsp3) is 0.389. The maximum Gasteiger partial charge on any atom is 0.0666 e. The van der Waals surface area contributed by atoms with Crippen molar-refractivity contribution >= 4 is 0 Å². The summed E-state index contributed by atoms with van der Waals surface area (Å²) in [5.41, 5.74) is 2.16. The van der Waals surface area contributed by atoms with E-state index in [1.54, 1.807) is 6.20 Å². The molecule has 20 heavy (non-hydrogen) atoms. The number of benzene rings is 1. The van der Waals surface area contributed by atoms with Gasteiger partial charge < -0.3 is 5.11 Å². The molecule has 3 unspecified atom stereocenters. The van der Waals surface area contributed by atoms with E-state index in [-0.39, 0.29) is 5.92 Å². The van der Waals surface area contributed by atoms with Gasteiger partial charge in [0.15, 0.2) is 0 Å². The monoisotopic (exact) mass is 269 g/mol. The third-order valence-corrected chi connectivity index (χ3v) is 4.00. The highest BCUT2D eigenvalue weighted by atomic mass is 16.3. The van der Waals surface area contributed by atoms with Gasteiger partial charge in [-0.1, -0.05) is 56.7 Å². The van der Waals surface area contributed by atoms with Gasteiger partial charge in [-0.15, -0.1) is 0 Å². The SMILES string of the molecule is CCC(C)C(c1ccccc1)C(O)Cc1ccccn1. The van der Waals surface area contributed by atoms with Gasteiger partial charge in [-0.2, -0.15) is 0 Å². The Morgan fingerprint density at radius 2 is 1.75 bits per heavy atom. The summed E-state index contributed by atoms with van der Waals surface area (Å²) in [6.07, 6.45) is 3.04. The Morgan fingerprint density at radius 3 is 2.35 bits per heavy atom. The van der Waals surface area contributed by atoms with E-state index >= 15 is 0 Å². The fourth-order valence-corrected chi connectivity index (χ4v) is 2.72. The van der Waals surface area contributed by atoms with Crippen molar-refractivity contribution in [2.24, 2.45) is 5.92 Å². The Labute approximate surface area is 121 Å². The second kappa shape index (κ2) is 7.20. The van der Waals surface area contributed by atoms with E-state index in [0.717, 1.165) is 12.1 Å². The van der Waals surface area contributed by atoms with Crippen molar-refractivity contribution in [3.63, 3.8) is 0 Å². The van der Waals surface area contributed by atoms with Crippen molar-refractivity contribution in [1.82, 2.24) is 4.98 Å². The van der Waals surface area contributed by atoms with Gasteiger partial charge >= 0.3 is 0 Å². The molecule has 2 rings (SSSR count). The van der Waals surface area contributed by atoms with Gasteiger partial charge in [-0.05, 0) is 23.6 Å². The number of hydrogen-bond donors (Lipinski definition) is 1. The van der Waals surface area contributed by atoms with E-state index in [0.29, 0.717) is 12.3 Å². The van der Waals surface area contributed by atoms with Crippen LogP contribution in [0.1, 0.15) is 37.4 Å². The normalized spacial score (nSPS) is 15.6. The standard InChI is InChI=1S/C18H23NO/c1-3-14(2)18(15-9-5-4-6-10-15)17(20)13-16-11-7-8-12-19-16/h4-12,14,17-18,20H,3,13H2,1-2H3. The van der Waals surface area contributed by atoms with Crippen LogP contribution in [-0.4, -0.2) is 16.2 Å². The summed E-state index contributed by atoms with van der Waals surface area (Å²) in [7, 11) is 0. The maximum atomic E-state index is 10.7. The molecule has 2 heteroatoms. The lowest BCUT2D eigenvalue weighted by Crippen LogP contribution is -2.26. The molecule has 1 aromatic heterocycles. The first kappa shape index (κ1) is 14.7. The predicted molar refractivity (Wildman–Crippen MR) is 82.6 cm³/mol. The second-order valence-electron chi connectivity index (χ2n) is 5.41. The number of rotatable bonds is 6. The van der Waals surface area contributed by atoms with E-state index in [1.165, 1.54) is 5.56 Å². The molecule has 1 aromatic carbocycles. The molecule has 1 heterocycles. The lowest BCUT2D eigenvalue weighted by molar-refractivity contribution is 0.116. The first-order chi connectivity index (χ1) is 9.72. The van der Waals surface area contributed by atoms with Gasteiger partial charge in [-0.3, -0.25) is 4.98 Å². The van der Waals surface area contributed by atoms with Crippen LogP contribution in [0, 0.1) is 5.92 Å². The fourth-order valence-electron chi connectivity index (χ4n) is 2.72. The lowest BCUT2D eigenvalue weighted by atomic mass is 9.80. The smallest absolute Gasteiger partial charge is 0.0666 e. The van der Waals surface area contributed by atoms with Crippen LogP contribution >= 0.6 is 0 Å². The average Bonchev–Trinajstić information content (AvgIpc) is 2.49. The third kappa shape index (κ3) is 3.67. The molecule has 1 N–H and O–H groups in total. The van der Waals surface area contributed by atoms with E-state index in [4.69, 9.17) is 0 Å². The van der Waals surface area contributed by atoms with Crippen LogP contribution in [0.3, 0.4) is 0 Å². The van der Waals surface area contributed by atoms with E-state index < -0.39 is 6.10 Å². The number of aromatic nitrogens is 1. The summed E-state index contributed by atoms with van der Waals surface area (Å²) in [5, 5.41) is 10.7. The summed E-state index contributed by atoms with van der Waals surface area (Å²) < 4.78 is 0. The Balaban J connectivity index is 2.19. The Kier molecular flexibility index (Phi) is 5.31. The zero-order chi connectivity index (χ0) is 14.4. The molecular weight excluding hydrogens is 246 g/mol. The van der Waals surface area contributed by atoms with Crippen LogP contribution in [0.5, 0.6) is 0 Å². The first-order valence-corrected chi connectivity index (χ1v) is 7.35. The molecule has 0 aliphatic carbocycles. The first-order valence-electron chi connectivity index (χ1n) is 7.35. The van der Waals surface area contributed by atoms with Gasteiger partial charge in [0.25, 0.3) is 0 Å². The largest absolute Gasteiger partial charge is 0.392 e. The minimum absolute atomic E-state index is 0.156. The van der Waals surface area contributed by atoms with Crippen LogP contribution in [0.2, 0.25) is 0 Å². The average molecular weight is 269 g/mol. The molecule has 106 valence electrons. The van der Waals surface area contributed by atoms with Crippen molar-refractivity contribution < 1.29 is 5.11 Å². The molecule has 0 saturated heterocycles. The Bertz CT molecular complexity index is 497. The van der Waals surface area contributed by atoms with Crippen molar-refractivity contribution in [3.8, 4) is 0 Å². The second-order valence-corrected chi connectivity index (χ2v) is 5.41. The quantitative estimate of drug-likeness (QED) is 0.865. The molecule has 0 radical (unpaired) electrons. The molecule has 2 nitrogen and oxygen atoms in total. The van der Waals surface area contributed by atoms with Crippen LogP contribution < -0.4 is 0 Å². The highest BCUT2D eigenvalue weighted by molar-refractivity contribution is 5.22. The Hall–Kier alpha value is -1.67. The molecule has 0 saturated carbocycles. The van der Waals surface area contributed by atoms with Crippen molar-refractivity contribution in [1.29, 1.82) is 0 Å². The van der Waals surface area contributed by atoms with Gasteiger partial charge in [0.1, 0.15) is 0 Å². The summed E-state index contributed by atoms with van der Waals surface area (Å²) in [4.78, 5) is 4.32. The van der Waals surface area contributed by atoms with Crippen LogP contribution in [0.25, 0.3) is 0 Å². The molecule has 0 amide bonds. The van der Waals surface area contributed by atoms with Crippen molar-refractivity contribution in [2.45, 2.75) is 38.7 Å². The maximum absolute atomic E-state index is 10.7. The van der Waals surface area contributed by atoms with Crippen molar-refractivity contribution in [3.05, 3.63) is 66.0 Å². The minimum atomic E-state index is -0.401. The third-order valence-electron chi connectivity index (χ3n) is 4.00. The predicted octanol–water partition coefficient (Wildman–Crippen LogP) is 3.81. The molecule has 0 aliphatic rings. The van der Waals surface area contributed by atoms with E-state index in [2.05, 4.69) is 31.0 Å². The number of aliphatic hydroxyl groups is 1. The summed E-state index contributed by atoms with van der Waals surface area (Å²) >= 11 is 0. The highest BCUT2D eigenvalue weighted by Crippen LogP contribution is 2.31. The Morgan fingerprint density at radius 1 is 1.05 bits per heavy atom. The molecular formula is C18H23NO. The summed E-state index contributed by atoms with van der Waals surface area (Å²) in [5.74, 6) is 0.597. The van der Waals surface area contributed by atoms with Gasteiger partial charge in [-0.25, -0.2) is 0 Å². The minimum Gasteiger partial charge on any atom is -0.392 e. The lowest BCUT2D eigenvalue weighted by Gasteiger charge is -2.28. The summed E-state index contributed by atoms with van der Waals surface area (Å²) in [6, 6.07) is 16.2. The van der Waals surface area contributed by atoms with Gasteiger partial charge in [0.2, 0.25) is 0 Å². The van der Waals surface area contributed by atoms with Gasteiger partial charge in [0.05, 0.1) is 6.10 Å². The zero-order valence-electron chi connectivity index (χ0n) is 12.2. The molecule has 0 fully saturated rings. The number of hydrogen-bond acceptors (Lipinski definition) is 2. The van der Waals surface area contributed by atoms with Gasteiger partial charge in [0, 0.05) is 24.2 Å². The number of nitrogens with zero attached hydrogens (tertiary/aromatic N) is 1. The van der Waals surface area contributed by atoms with E-state index in [1.807, 2.05) is 36.4 Å². The molecule has 0 aliphatic heterocycles. The molecule has 0 spiro atoms. The van der Waals surface area contributed by atoms with Crippen LogP contribution in [-0.2, 0) is 6.42 Å². The molecule has 3 atom stereocenters. The molecule has 2 aromatic rings. The summed E-state index contributed by atoms with van der Waals surface area (Å²) in [6.45, 7) is 4.38. The number of aliphatic hydroxyl groups excluding tert-OH is 1. The van der Waals surface area contributed by atoms with E-state index in [9.17, 15) is 5.11 Å². The number of pyridine rings is 1. The topological polar surface area (TPSA) is 33.1 Å². The highest BCUT2D eigenvalue weighted by Gasteiger charge is 2.26. The van der Waals surface area contributed by atoms with Crippen LogP contribution in [0.15, 0.2) is 54.7 Å². The zero-order valence-corrected chi connectivity index (χ0v) is 12.2. The molecule has 0 bridgehead atoms.